The summed E-state index contributed by atoms with van der Waals surface area (Å²) in [6.45, 7) is 0. The molecule has 1 aliphatic heterocycles. The molecule has 0 saturated carbocycles. The molecule has 2 unspecified atom stereocenters. The Hall–Kier alpha value is -7.31. The molecule has 1 aliphatic carbocycles. The van der Waals surface area contributed by atoms with E-state index in [4.69, 9.17) is 28.5 Å². The number of para-hydroxylation sites is 2. The number of hydrogen-bond acceptors (Lipinski definition) is 6. The number of allylic oxidation sites excluding steroid dienone is 2. The second-order valence-electron chi connectivity index (χ2n) is 14.2. The molecule has 0 bridgehead atoms. The van der Waals surface area contributed by atoms with E-state index in [2.05, 4.69) is 91.0 Å². The lowest BCUT2D eigenvalue weighted by atomic mass is 9.84. The number of fused-ring (bicyclic) bond motifs is 10. The summed E-state index contributed by atoms with van der Waals surface area (Å²) >= 11 is 0. The summed E-state index contributed by atoms with van der Waals surface area (Å²) in [6, 6.07) is 49.8. The van der Waals surface area contributed by atoms with Crippen LogP contribution in [0.15, 0.2) is 173 Å². The number of rotatable bonds is 4. The second-order valence-corrected chi connectivity index (χ2v) is 14.2. The molecule has 4 heterocycles. The first-order valence-corrected chi connectivity index (χ1v) is 18.5. The minimum Gasteiger partial charge on any atom is -0.485 e. The molecule has 258 valence electrons. The van der Waals surface area contributed by atoms with E-state index in [0.29, 0.717) is 17.5 Å². The number of hydrogen-bond donors (Lipinski definition) is 0. The van der Waals surface area contributed by atoms with Crippen LogP contribution in [-0.2, 0) is 0 Å². The average molecular weight is 708 g/mol. The van der Waals surface area contributed by atoms with E-state index in [1.807, 2.05) is 72.8 Å². The normalized spacial score (nSPS) is 16.2. The lowest BCUT2D eigenvalue weighted by molar-refractivity contribution is 0.271. The zero-order valence-corrected chi connectivity index (χ0v) is 29.3. The molecule has 0 N–H and O–H groups in total. The van der Waals surface area contributed by atoms with Crippen LogP contribution in [0.1, 0.15) is 17.3 Å². The van der Waals surface area contributed by atoms with Gasteiger partial charge in [0.15, 0.2) is 17.5 Å². The zero-order chi connectivity index (χ0) is 36.0. The van der Waals surface area contributed by atoms with Crippen LogP contribution in [-0.4, -0.2) is 21.1 Å². The highest BCUT2D eigenvalue weighted by atomic mass is 16.5. The average Bonchev–Trinajstić information content (AvgIpc) is 3.94. The number of ether oxygens (including phenoxy) is 1. The first kappa shape index (κ1) is 30.2. The lowest BCUT2D eigenvalue weighted by Crippen LogP contribution is -2.20. The van der Waals surface area contributed by atoms with Gasteiger partial charge in [-0.2, -0.15) is 0 Å². The molecule has 0 amide bonds. The van der Waals surface area contributed by atoms with Gasteiger partial charge < -0.3 is 13.6 Å². The fourth-order valence-electron chi connectivity index (χ4n) is 8.62. The van der Waals surface area contributed by atoms with Crippen LogP contribution in [0.3, 0.4) is 0 Å². The number of nitrogens with zero attached hydrogens (tertiary/aromatic N) is 3. The maximum absolute atomic E-state index is 6.83. The molecule has 2 aliphatic rings. The highest BCUT2D eigenvalue weighted by Crippen LogP contribution is 2.49. The van der Waals surface area contributed by atoms with Crippen LogP contribution >= 0.6 is 0 Å². The second kappa shape index (κ2) is 11.6. The van der Waals surface area contributed by atoms with Crippen molar-refractivity contribution >= 4 is 60.2 Å². The van der Waals surface area contributed by atoms with E-state index in [9.17, 15) is 0 Å². The summed E-state index contributed by atoms with van der Waals surface area (Å²) in [5.41, 5.74) is 9.16. The van der Waals surface area contributed by atoms with Crippen molar-refractivity contribution in [3.8, 4) is 39.7 Å². The smallest absolute Gasteiger partial charge is 0.164 e. The van der Waals surface area contributed by atoms with Crippen molar-refractivity contribution in [3.05, 3.63) is 175 Å². The fourth-order valence-corrected chi connectivity index (χ4v) is 8.62. The maximum atomic E-state index is 6.83. The molecule has 6 nitrogen and oxygen atoms in total. The molecule has 0 spiro atoms. The van der Waals surface area contributed by atoms with E-state index in [-0.39, 0.29) is 12.0 Å². The van der Waals surface area contributed by atoms with Crippen LogP contribution < -0.4 is 4.74 Å². The first-order valence-electron chi connectivity index (χ1n) is 18.5. The van der Waals surface area contributed by atoms with Crippen LogP contribution in [0.25, 0.3) is 94.1 Å². The summed E-state index contributed by atoms with van der Waals surface area (Å²) in [5, 5.41) is 6.37. The van der Waals surface area contributed by atoms with Crippen molar-refractivity contribution in [1.29, 1.82) is 0 Å². The maximum Gasteiger partial charge on any atom is 0.164 e. The lowest BCUT2D eigenvalue weighted by Gasteiger charge is -2.22. The van der Waals surface area contributed by atoms with Gasteiger partial charge in [-0.05, 0) is 64.9 Å². The monoisotopic (exact) mass is 707 g/mol. The van der Waals surface area contributed by atoms with Gasteiger partial charge in [0.1, 0.15) is 34.2 Å². The molecule has 0 radical (unpaired) electrons. The van der Waals surface area contributed by atoms with Crippen molar-refractivity contribution in [2.75, 3.05) is 0 Å². The first-order chi connectivity index (χ1) is 27.2. The molecule has 6 heteroatoms. The van der Waals surface area contributed by atoms with Gasteiger partial charge in [0, 0.05) is 49.4 Å². The van der Waals surface area contributed by atoms with Gasteiger partial charge in [0.05, 0.1) is 5.92 Å². The Bertz CT molecular complexity index is 3260. The Balaban J connectivity index is 1.11. The van der Waals surface area contributed by atoms with Gasteiger partial charge in [-0.15, -0.1) is 0 Å². The van der Waals surface area contributed by atoms with E-state index < -0.39 is 0 Å². The third-order valence-corrected chi connectivity index (χ3v) is 11.1. The van der Waals surface area contributed by atoms with Crippen molar-refractivity contribution in [1.82, 2.24) is 15.0 Å². The van der Waals surface area contributed by atoms with E-state index in [0.717, 1.165) is 88.4 Å². The van der Waals surface area contributed by atoms with Gasteiger partial charge >= 0.3 is 0 Å². The predicted molar refractivity (Wildman–Crippen MR) is 219 cm³/mol. The molecule has 7 aromatic carbocycles. The minimum absolute atomic E-state index is 0.0420. The minimum atomic E-state index is -0.138. The number of benzene rings is 7. The molecule has 12 rings (SSSR count). The summed E-state index contributed by atoms with van der Waals surface area (Å²) in [4.78, 5) is 15.6. The topological polar surface area (TPSA) is 74.2 Å². The summed E-state index contributed by atoms with van der Waals surface area (Å²) in [5.74, 6) is 2.65. The Morgan fingerprint density at radius 2 is 1.24 bits per heavy atom. The molecule has 2 atom stereocenters. The summed E-state index contributed by atoms with van der Waals surface area (Å²) in [6.07, 6.45) is 6.14. The molecule has 55 heavy (non-hydrogen) atoms. The van der Waals surface area contributed by atoms with Crippen molar-refractivity contribution in [3.63, 3.8) is 0 Å². The SMILES string of the molecule is C1=CC2Oc3ccccc3C2C(c2nc(-c3ccccc3)nc(-c3ccc(-c4cccc5oc6cc7ccccc7cc6c45)c4oc5ccccc5c34)n2)=C1. The van der Waals surface area contributed by atoms with Gasteiger partial charge in [-0.3, -0.25) is 0 Å². The fraction of sp³-hybridized carbons (Fsp3) is 0.0408. The highest BCUT2D eigenvalue weighted by molar-refractivity contribution is 6.21. The summed E-state index contributed by atoms with van der Waals surface area (Å²) in [7, 11) is 0. The standard InChI is InChI=1S/C49H29N3O3/c1-2-12-28(13-3-1)47-50-48(35-19-11-23-41-44(35)33-16-6-8-20-38(33)53-41)52-49(51-47)36-25-24-32(46-45(36)34-17-7-9-21-39(34)55-46)31-18-10-22-40-43(31)37-26-29-14-4-5-15-30(29)27-42(37)54-40/h1-27,41,44H. The van der Waals surface area contributed by atoms with E-state index >= 15 is 0 Å². The Labute approximate surface area is 314 Å². The highest BCUT2D eigenvalue weighted by Gasteiger charge is 2.38. The number of aromatic nitrogens is 3. The Kier molecular flexibility index (Phi) is 6.36. The van der Waals surface area contributed by atoms with Crippen molar-refractivity contribution < 1.29 is 13.6 Å². The molecule has 3 aromatic heterocycles. The summed E-state index contributed by atoms with van der Waals surface area (Å²) < 4.78 is 19.7. The van der Waals surface area contributed by atoms with E-state index in [1.165, 1.54) is 5.39 Å². The van der Waals surface area contributed by atoms with Crippen LogP contribution in [0.5, 0.6) is 5.75 Å². The van der Waals surface area contributed by atoms with Crippen molar-refractivity contribution in [2.24, 2.45) is 0 Å². The van der Waals surface area contributed by atoms with Gasteiger partial charge in [0.2, 0.25) is 0 Å². The number of furan rings is 2. The zero-order valence-electron chi connectivity index (χ0n) is 29.3. The van der Waals surface area contributed by atoms with E-state index in [1.54, 1.807) is 0 Å². The molecule has 0 saturated heterocycles. The van der Waals surface area contributed by atoms with Crippen LogP contribution in [0, 0.1) is 0 Å². The quantitative estimate of drug-likeness (QED) is 0.181. The third-order valence-electron chi connectivity index (χ3n) is 11.1. The molecular weight excluding hydrogens is 679 g/mol. The van der Waals surface area contributed by atoms with Crippen LogP contribution in [0.2, 0.25) is 0 Å². The van der Waals surface area contributed by atoms with Crippen molar-refractivity contribution in [2.45, 2.75) is 12.0 Å². The molecule has 10 aromatic rings. The van der Waals surface area contributed by atoms with Gasteiger partial charge in [0.25, 0.3) is 0 Å². The van der Waals surface area contributed by atoms with Gasteiger partial charge in [-0.1, -0.05) is 115 Å². The van der Waals surface area contributed by atoms with Crippen LogP contribution in [0.4, 0.5) is 0 Å². The molecular formula is C49H29N3O3. The predicted octanol–water partition coefficient (Wildman–Crippen LogP) is 12.3. The molecule has 0 fully saturated rings. The largest absolute Gasteiger partial charge is 0.485 e. The Morgan fingerprint density at radius 3 is 2.16 bits per heavy atom. The third kappa shape index (κ3) is 4.58. The van der Waals surface area contributed by atoms with Gasteiger partial charge in [-0.25, -0.2) is 15.0 Å². The Morgan fingerprint density at radius 1 is 0.491 bits per heavy atom.